The molecule has 0 bridgehead atoms. The maximum Gasteiger partial charge on any atom is 0.529 e. The van der Waals surface area contributed by atoms with Crippen LogP contribution in [-0.4, -0.2) is 43.9 Å². The van der Waals surface area contributed by atoms with Crippen LogP contribution in [0.3, 0.4) is 0 Å². The fourth-order valence-corrected chi connectivity index (χ4v) is 5.53. The summed E-state index contributed by atoms with van der Waals surface area (Å²) in [6.45, 7) is 11.3. The van der Waals surface area contributed by atoms with E-state index in [1.54, 1.807) is 12.1 Å². The molecule has 0 aliphatic carbocycles. The number of phosphoric acid groups is 1. The van der Waals surface area contributed by atoms with Gasteiger partial charge in [0.05, 0.1) is 18.3 Å². The van der Waals surface area contributed by atoms with Gasteiger partial charge in [-0.15, -0.1) is 0 Å². The first kappa shape index (κ1) is 29.8. The van der Waals surface area contributed by atoms with E-state index in [2.05, 4.69) is 4.98 Å². The molecule has 0 spiro atoms. The molecule has 1 aromatic heterocycles. The number of ether oxygens (including phenoxy) is 1. The smallest absolute Gasteiger partial charge is 0.403 e. The number of aryl methyl sites for hydroxylation is 1. The van der Waals surface area contributed by atoms with Crippen molar-refractivity contribution in [2.24, 2.45) is 0 Å². The van der Waals surface area contributed by atoms with Crippen LogP contribution in [0.25, 0.3) is 0 Å². The molecular weight excluding hydrogens is 516 g/mol. The van der Waals surface area contributed by atoms with Crippen LogP contribution in [0.5, 0.6) is 5.75 Å². The van der Waals surface area contributed by atoms with Crippen molar-refractivity contribution >= 4 is 35.7 Å². The van der Waals surface area contributed by atoms with Crippen molar-refractivity contribution in [2.75, 3.05) is 7.11 Å². The van der Waals surface area contributed by atoms with Crippen molar-refractivity contribution in [3.8, 4) is 5.75 Å². The molecule has 2 atom stereocenters. The van der Waals surface area contributed by atoms with Crippen molar-refractivity contribution in [3.63, 3.8) is 0 Å². The number of methoxy groups -OCH3 is 1. The monoisotopic (exact) mass is 548 g/mol. The minimum absolute atomic E-state index is 0.0865. The number of halogens is 1. The second-order valence-electron chi connectivity index (χ2n) is 11.2. The van der Waals surface area contributed by atoms with Gasteiger partial charge in [-0.3, -0.25) is 14.0 Å². The van der Waals surface area contributed by atoms with E-state index >= 15 is 4.39 Å². The molecule has 0 fully saturated rings. The van der Waals surface area contributed by atoms with Gasteiger partial charge in [-0.05, 0) is 34.9 Å². The van der Waals surface area contributed by atoms with Gasteiger partial charge in [0.1, 0.15) is 31.9 Å². The van der Waals surface area contributed by atoms with Crippen LogP contribution in [0.2, 0.25) is 0 Å². The van der Waals surface area contributed by atoms with Gasteiger partial charge in [-0.2, -0.15) is 0 Å². The number of hydrogen-bond acceptors (Lipinski definition) is 7. The van der Waals surface area contributed by atoms with Crippen molar-refractivity contribution in [2.45, 2.75) is 83.4 Å². The molecule has 8 nitrogen and oxygen atoms in total. The Bertz CT molecular complexity index is 1330. The van der Waals surface area contributed by atoms with Crippen LogP contribution >= 0.6 is 20.0 Å². The van der Waals surface area contributed by atoms with E-state index in [1.807, 2.05) is 41.5 Å². The molecule has 1 N–H and O–H groups in total. The Labute approximate surface area is 224 Å². The molecule has 1 aliphatic heterocycles. The number of fused-ring (bicyclic) bond motifs is 1. The van der Waals surface area contributed by atoms with Crippen molar-refractivity contribution in [1.82, 2.24) is 9.55 Å². The van der Waals surface area contributed by atoms with E-state index < -0.39 is 41.7 Å². The summed E-state index contributed by atoms with van der Waals surface area (Å²) in [6, 6.07) is 3.28. The van der Waals surface area contributed by atoms with Gasteiger partial charge >= 0.3 is 13.5 Å². The predicted octanol–water partition coefficient (Wildman–Crippen LogP) is 4.77. The largest absolute Gasteiger partial charge is 0.529 e. The highest BCUT2D eigenvalue weighted by Crippen LogP contribution is 2.59. The van der Waals surface area contributed by atoms with Crippen LogP contribution in [0.4, 0.5) is 4.39 Å². The molecule has 4 radical (unpaired) electrons. The number of hydrogen-bond donors (Lipinski definition) is 1. The van der Waals surface area contributed by atoms with Crippen LogP contribution in [0, 0.1) is 10.5 Å². The Morgan fingerprint density at radius 2 is 1.84 bits per heavy atom. The number of H-pyrrole nitrogens is 1. The van der Waals surface area contributed by atoms with Gasteiger partial charge < -0.3 is 13.8 Å². The molecule has 13 heteroatoms. The van der Waals surface area contributed by atoms with E-state index in [1.165, 1.54) is 17.9 Å². The zero-order valence-corrected chi connectivity index (χ0v) is 23.9. The third-order valence-electron chi connectivity index (χ3n) is 6.08. The molecule has 0 saturated carbocycles. The second-order valence-corrected chi connectivity index (χ2v) is 13.1. The Balaban J connectivity index is 1.90. The van der Waals surface area contributed by atoms with Crippen molar-refractivity contribution < 1.29 is 27.3 Å². The van der Waals surface area contributed by atoms with Crippen molar-refractivity contribution in [3.05, 3.63) is 56.0 Å². The number of rotatable bonds is 7. The lowest BCUT2D eigenvalue weighted by Crippen LogP contribution is -2.48. The van der Waals surface area contributed by atoms with E-state index in [9.17, 15) is 9.36 Å². The highest BCUT2D eigenvalue weighted by Gasteiger charge is 2.45. The topological polar surface area (TPSA) is 91.8 Å². The first-order valence-electron chi connectivity index (χ1n) is 11.8. The van der Waals surface area contributed by atoms with Crippen LogP contribution in [0.15, 0.2) is 23.1 Å². The van der Waals surface area contributed by atoms with E-state index in [0.717, 1.165) is 0 Å². The lowest BCUT2D eigenvalue weighted by molar-refractivity contribution is -0.00884. The summed E-state index contributed by atoms with van der Waals surface area (Å²) in [6.07, 6.45) is 0.607. The fourth-order valence-electron chi connectivity index (χ4n) is 4.02. The van der Waals surface area contributed by atoms with Gasteiger partial charge in [0.25, 0.3) is 0 Å². The fraction of sp³-hybridized carbons (Fsp3) is 0.583. The molecule has 37 heavy (non-hydrogen) atoms. The molecular formula is C24H32B2FN2O6PS. The molecule has 2 aromatic rings. The molecule has 0 amide bonds. The standard InChI is InChI=1S/C24H32B2FN2O6PS/c1-22(2,3)15-12-16(23(4,5)6)20-14(19(15)27)13-33-36(31,34-20)35-24(25,26)17(32-7)8-10-29-11-9-18(37)28-21(29)30/h9,11-12,17H,8,10,13H2,1-7H3,(H,28,30,37). The average molecular weight is 548 g/mol. The molecule has 198 valence electrons. The predicted molar refractivity (Wildman–Crippen MR) is 143 cm³/mol. The Hall–Kier alpha value is -1.71. The third-order valence-corrected chi connectivity index (χ3v) is 7.71. The molecule has 2 heterocycles. The number of aromatic amines is 1. The number of nitrogens with one attached hydrogen (secondary N) is 1. The number of phosphoric ester groups is 1. The minimum Gasteiger partial charge on any atom is -0.403 e. The zero-order chi connectivity index (χ0) is 28.0. The van der Waals surface area contributed by atoms with Crippen LogP contribution in [-0.2, 0) is 42.3 Å². The van der Waals surface area contributed by atoms with Gasteiger partial charge in [-0.1, -0.05) is 53.8 Å². The first-order chi connectivity index (χ1) is 16.9. The number of nitrogens with zero attached hydrogens (tertiary/aromatic N) is 1. The SMILES string of the molecule is [B]C([B])(OP1(=O)OCc2c(F)c(C(C)(C)C)cc(C(C)(C)C)c2O1)C(CCn1ccc(=S)[nH]c1=O)OC. The summed E-state index contributed by atoms with van der Waals surface area (Å²) in [4.78, 5) is 14.6. The Morgan fingerprint density at radius 1 is 1.22 bits per heavy atom. The minimum atomic E-state index is -4.40. The first-order valence-corrected chi connectivity index (χ1v) is 13.7. The summed E-state index contributed by atoms with van der Waals surface area (Å²) >= 11 is 4.94. The zero-order valence-electron chi connectivity index (χ0n) is 22.2. The van der Waals surface area contributed by atoms with Crippen molar-refractivity contribution in [1.29, 1.82) is 0 Å². The van der Waals surface area contributed by atoms with Crippen LogP contribution < -0.4 is 10.2 Å². The van der Waals surface area contributed by atoms with E-state index in [0.29, 0.717) is 15.8 Å². The molecule has 1 aromatic carbocycles. The molecule has 3 rings (SSSR count). The maximum absolute atomic E-state index is 15.5. The summed E-state index contributed by atoms with van der Waals surface area (Å²) in [5.41, 5.74) is -0.109. The molecule has 2 unspecified atom stereocenters. The third kappa shape index (κ3) is 6.66. The normalized spacial score (nSPS) is 19.2. The molecule has 1 aliphatic rings. The summed E-state index contributed by atoms with van der Waals surface area (Å²) in [7, 11) is 9.30. The highest BCUT2D eigenvalue weighted by atomic mass is 32.1. The van der Waals surface area contributed by atoms with Gasteiger partial charge in [0.15, 0.2) is 0 Å². The van der Waals surface area contributed by atoms with E-state index in [4.69, 9.17) is 46.2 Å². The summed E-state index contributed by atoms with van der Waals surface area (Å²) < 4.78 is 52.8. The van der Waals surface area contributed by atoms with Gasteiger partial charge in [0.2, 0.25) is 0 Å². The Kier molecular flexibility index (Phi) is 8.43. The molecule has 0 saturated heterocycles. The lowest BCUT2D eigenvalue weighted by Gasteiger charge is -2.39. The maximum atomic E-state index is 15.5. The van der Waals surface area contributed by atoms with Gasteiger partial charge in [-0.25, -0.2) is 13.8 Å². The Morgan fingerprint density at radius 3 is 2.38 bits per heavy atom. The lowest BCUT2D eigenvalue weighted by atomic mass is 9.61. The highest BCUT2D eigenvalue weighted by molar-refractivity contribution is 7.71. The summed E-state index contributed by atoms with van der Waals surface area (Å²) in [5.74, 6) is -0.404. The summed E-state index contributed by atoms with van der Waals surface area (Å²) in [5, 5.41) is -2.14. The number of aromatic nitrogens is 2. The second kappa shape index (κ2) is 10.5. The van der Waals surface area contributed by atoms with Gasteiger partial charge in [0, 0.05) is 30.8 Å². The quantitative estimate of drug-likeness (QED) is 0.303. The average Bonchev–Trinajstić information content (AvgIpc) is 2.72. The number of benzene rings is 1. The van der Waals surface area contributed by atoms with E-state index in [-0.39, 0.29) is 30.9 Å². The van der Waals surface area contributed by atoms with Crippen LogP contribution in [0.1, 0.15) is 64.7 Å².